The topological polar surface area (TPSA) is 60.7 Å². The van der Waals surface area contributed by atoms with Crippen molar-refractivity contribution in [2.75, 3.05) is 0 Å². The van der Waals surface area contributed by atoms with Gasteiger partial charge in [-0.05, 0) is 11.1 Å². The Morgan fingerprint density at radius 1 is 1.06 bits per heavy atom. The molecular weight excluding hydrogens is 244 g/mol. The van der Waals surface area contributed by atoms with Gasteiger partial charge in [0.1, 0.15) is 14.2 Å². The number of hydrogen-bond donors (Lipinski definition) is 3. The predicted octanol–water partition coefficient (Wildman–Crippen LogP) is 0.778. The zero-order chi connectivity index (χ0) is 13.6. The van der Waals surface area contributed by atoms with Crippen molar-refractivity contribution >= 4 is 13.3 Å². The normalized spacial score (nSPS) is 36.9. The molecule has 3 nitrogen and oxygen atoms in total. The van der Waals surface area contributed by atoms with Crippen molar-refractivity contribution in [1.82, 2.24) is 0 Å². The van der Waals surface area contributed by atoms with Crippen LogP contribution < -0.4 is 5.19 Å². The third kappa shape index (κ3) is 1.84. The van der Waals surface area contributed by atoms with Gasteiger partial charge in [-0.2, -0.15) is 0 Å². The first-order chi connectivity index (χ1) is 8.30. The van der Waals surface area contributed by atoms with E-state index in [1.807, 2.05) is 30.3 Å². The molecule has 0 radical (unpaired) electrons. The van der Waals surface area contributed by atoms with Gasteiger partial charge in [0, 0.05) is 0 Å². The van der Waals surface area contributed by atoms with Gasteiger partial charge < -0.3 is 15.3 Å². The standard InChI is InChI=1S/C14H22O3Si/c1-14(2,3)18(10-7-5-4-6-8-10)9-11(15)12(16)13(18)17/h4-8,11-13,15-17H,9H2,1-3H3/t11-,12-,13-,18+/m1/s1. The molecule has 4 atom stereocenters. The summed E-state index contributed by atoms with van der Waals surface area (Å²) in [6, 6.07) is 10.4. The Bertz CT molecular complexity index is 415. The molecular formula is C14H22O3Si. The zero-order valence-corrected chi connectivity index (χ0v) is 12.2. The second-order valence-corrected chi connectivity index (χ2v) is 11.3. The van der Waals surface area contributed by atoms with E-state index in [0.717, 1.165) is 5.19 Å². The number of hydrogen-bond acceptors (Lipinski definition) is 3. The molecule has 18 heavy (non-hydrogen) atoms. The largest absolute Gasteiger partial charge is 0.393 e. The van der Waals surface area contributed by atoms with Gasteiger partial charge in [-0.1, -0.05) is 56.3 Å². The van der Waals surface area contributed by atoms with E-state index in [1.165, 1.54) is 0 Å². The molecule has 0 spiro atoms. The first-order valence-corrected chi connectivity index (χ1v) is 8.69. The molecule has 0 saturated carbocycles. The summed E-state index contributed by atoms with van der Waals surface area (Å²) in [7, 11) is -2.38. The molecule has 0 amide bonds. The highest BCUT2D eigenvalue weighted by Crippen LogP contribution is 2.46. The molecule has 1 aromatic rings. The lowest BCUT2D eigenvalue weighted by Crippen LogP contribution is -2.62. The van der Waals surface area contributed by atoms with Gasteiger partial charge in [0.25, 0.3) is 0 Å². The Hall–Kier alpha value is -0.683. The molecule has 0 unspecified atom stereocenters. The number of aliphatic hydroxyl groups is 3. The Balaban J connectivity index is 2.57. The van der Waals surface area contributed by atoms with Crippen LogP contribution in [-0.4, -0.2) is 41.3 Å². The molecule has 1 heterocycles. The molecule has 0 aromatic heterocycles. The van der Waals surface area contributed by atoms with E-state index in [4.69, 9.17) is 0 Å². The molecule has 0 bridgehead atoms. The summed E-state index contributed by atoms with van der Waals surface area (Å²) in [6.07, 6.45) is -1.83. The highest BCUT2D eigenvalue weighted by molar-refractivity contribution is 6.96. The second kappa shape index (κ2) is 4.45. The summed E-state index contributed by atoms with van der Waals surface area (Å²) < 4.78 is 0. The Kier molecular flexibility index (Phi) is 3.40. The first-order valence-electron chi connectivity index (χ1n) is 6.40. The van der Waals surface area contributed by atoms with E-state index in [-0.39, 0.29) is 5.04 Å². The lowest BCUT2D eigenvalue weighted by molar-refractivity contribution is -0.00757. The summed E-state index contributed by atoms with van der Waals surface area (Å²) in [5.41, 5.74) is -0.810. The summed E-state index contributed by atoms with van der Waals surface area (Å²) in [4.78, 5) is 0. The van der Waals surface area contributed by atoms with Gasteiger partial charge in [-0.3, -0.25) is 0 Å². The highest BCUT2D eigenvalue weighted by atomic mass is 28.3. The van der Waals surface area contributed by atoms with Crippen LogP contribution in [0.15, 0.2) is 30.3 Å². The van der Waals surface area contributed by atoms with E-state index < -0.39 is 26.0 Å². The van der Waals surface area contributed by atoms with Gasteiger partial charge in [0.2, 0.25) is 0 Å². The highest BCUT2D eigenvalue weighted by Gasteiger charge is 2.60. The minimum atomic E-state index is -2.38. The molecule has 0 aliphatic carbocycles. The van der Waals surface area contributed by atoms with Gasteiger partial charge in [-0.15, -0.1) is 0 Å². The molecule has 1 aromatic carbocycles. The minimum absolute atomic E-state index is 0.119. The Morgan fingerprint density at radius 3 is 2.00 bits per heavy atom. The fraction of sp³-hybridized carbons (Fsp3) is 0.571. The quantitative estimate of drug-likeness (QED) is 0.658. The van der Waals surface area contributed by atoms with E-state index in [0.29, 0.717) is 6.04 Å². The molecule has 3 N–H and O–H groups in total. The maximum atomic E-state index is 10.5. The monoisotopic (exact) mass is 266 g/mol. The summed E-state index contributed by atoms with van der Waals surface area (Å²) in [5.74, 6) is 0. The van der Waals surface area contributed by atoms with Crippen LogP contribution >= 0.6 is 0 Å². The number of rotatable bonds is 1. The van der Waals surface area contributed by atoms with Gasteiger partial charge in [0.15, 0.2) is 0 Å². The fourth-order valence-electron chi connectivity index (χ4n) is 3.28. The third-order valence-electron chi connectivity index (χ3n) is 4.38. The van der Waals surface area contributed by atoms with Crippen LogP contribution in [0.2, 0.25) is 11.1 Å². The van der Waals surface area contributed by atoms with E-state index in [1.54, 1.807) is 0 Å². The van der Waals surface area contributed by atoms with Crippen LogP contribution in [0.1, 0.15) is 20.8 Å². The summed E-state index contributed by atoms with van der Waals surface area (Å²) in [6.45, 7) is 6.29. The molecule has 1 saturated heterocycles. The van der Waals surface area contributed by atoms with Crippen LogP contribution in [0.5, 0.6) is 0 Å². The molecule has 2 rings (SSSR count). The smallest absolute Gasteiger partial charge is 0.130 e. The van der Waals surface area contributed by atoms with Crippen molar-refractivity contribution in [3.63, 3.8) is 0 Å². The molecule has 1 aliphatic heterocycles. The van der Waals surface area contributed by atoms with Gasteiger partial charge in [0.05, 0.1) is 11.8 Å². The Morgan fingerprint density at radius 2 is 1.61 bits per heavy atom. The molecule has 1 aliphatic rings. The zero-order valence-electron chi connectivity index (χ0n) is 11.2. The van der Waals surface area contributed by atoms with E-state index in [2.05, 4.69) is 20.8 Å². The van der Waals surface area contributed by atoms with Crippen LogP contribution in [-0.2, 0) is 0 Å². The molecule has 100 valence electrons. The lowest BCUT2D eigenvalue weighted by atomic mass is 10.2. The predicted molar refractivity (Wildman–Crippen MR) is 74.4 cm³/mol. The summed E-state index contributed by atoms with van der Waals surface area (Å²) >= 11 is 0. The lowest BCUT2D eigenvalue weighted by Gasteiger charge is -2.43. The maximum absolute atomic E-state index is 10.5. The SMILES string of the molecule is CC(C)(C)[Si@]1(c2ccccc2)C[C@@H](O)[C@@H](O)[C@@H]1O. The average Bonchev–Trinajstić information content (AvgIpc) is 2.55. The summed E-state index contributed by atoms with van der Waals surface area (Å²) in [5, 5.41) is 31.4. The Labute approximate surface area is 109 Å². The molecule has 1 fully saturated rings. The minimum Gasteiger partial charge on any atom is -0.393 e. The van der Waals surface area contributed by atoms with Gasteiger partial charge >= 0.3 is 0 Å². The van der Waals surface area contributed by atoms with Crippen molar-refractivity contribution in [1.29, 1.82) is 0 Å². The maximum Gasteiger partial charge on any atom is 0.130 e. The number of benzene rings is 1. The van der Waals surface area contributed by atoms with Crippen LogP contribution in [0, 0.1) is 0 Å². The average molecular weight is 266 g/mol. The van der Waals surface area contributed by atoms with E-state index >= 15 is 0 Å². The van der Waals surface area contributed by atoms with Crippen LogP contribution in [0.3, 0.4) is 0 Å². The second-order valence-electron chi connectivity index (χ2n) is 6.29. The van der Waals surface area contributed by atoms with Crippen molar-refractivity contribution in [3.05, 3.63) is 30.3 Å². The number of aliphatic hydroxyl groups excluding tert-OH is 3. The van der Waals surface area contributed by atoms with Crippen LogP contribution in [0.4, 0.5) is 0 Å². The van der Waals surface area contributed by atoms with Gasteiger partial charge in [-0.25, -0.2) is 0 Å². The molecule has 4 heteroatoms. The van der Waals surface area contributed by atoms with Crippen LogP contribution in [0.25, 0.3) is 0 Å². The van der Waals surface area contributed by atoms with Crippen molar-refractivity contribution in [2.24, 2.45) is 0 Å². The third-order valence-corrected chi connectivity index (χ3v) is 10.8. The van der Waals surface area contributed by atoms with E-state index in [9.17, 15) is 15.3 Å². The fourth-order valence-corrected chi connectivity index (χ4v) is 8.96. The van der Waals surface area contributed by atoms with Crippen molar-refractivity contribution in [2.45, 2.75) is 49.8 Å². The first kappa shape index (κ1) is 13.7. The van der Waals surface area contributed by atoms with Crippen molar-refractivity contribution < 1.29 is 15.3 Å². The van der Waals surface area contributed by atoms with Crippen molar-refractivity contribution in [3.8, 4) is 0 Å².